The fraction of sp³-hybridized carbons (Fsp3) is 0.375. The summed E-state index contributed by atoms with van der Waals surface area (Å²) in [5, 5.41) is 5.16. The molecule has 0 radical (unpaired) electrons. The van der Waals surface area contributed by atoms with Crippen molar-refractivity contribution in [2.75, 3.05) is 13.7 Å². The molecule has 0 bridgehead atoms. The normalized spacial score (nSPS) is 14.9. The minimum atomic E-state index is -0.161. The molecule has 0 N–H and O–H groups in total. The summed E-state index contributed by atoms with van der Waals surface area (Å²) in [6, 6.07) is 9.35. The molecule has 0 spiro atoms. The molecular weight excluding hydrogens is 538 g/mol. The van der Waals surface area contributed by atoms with E-state index in [4.69, 9.17) is 14.5 Å². The molecule has 0 amide bonds. The fourth-order valence-corrected chi connectivity index (χ4v) is 5.13. The lowest BCUT2D eigenvalue weighted by Gasteiger charge is -2.22. The SMILES string of the molecule is CCOc1cc(C=Nn2c(C3CCCCC3)nc3ccc(Br)cc3c2=O)cc(Br)c1OC. The van der Waals surface area contributed by atoms with E-state index in [1.165, 1.54) is 11.1 Å². The summed E-state index contributed by atoms with van der Waals surface area (Å²) in [5.41, 5.74) is 1.33. The first-order chi connectivity index (χ1) is 15.5. The standard InChI is InChI=1S/C24H25Br2N3O3/c1-3-32-21-12-15(11-19(26)22(21)31-2)14-27-29-23(16-7-5-4-6-8-16)28-20-10-9-17(25)13-18(20)24(29)30/h9-14,16H,3-8H2,1-2H3. The first-order valence-corrected chi connectivity index (χ1v) is 12.4. The Kier molecular flexibility index (Phi) is 7.30. The highest BCUT2D eigenvalue weighted by Gasteiger charge is 2.22. The largest absolute Gasteiger partial charge is 0.492 e. The second-order valence-electron chi connectivity index (χ2n) is 7.80. The van der Waals surface area contributed by atoms with Gasteiger partial charge in [-0.3, -0.25) is 4.79 Å². The van der Waals surface area contributed by atoms with Crippen molar-refractivity contribution in [2.45, 2.75) is 44.9 Å². The van der Waals surface area contributed by atoms with Gasteiger partial charge in [-0.05, 0) is 71.6 Å². The Morgan fingerprint density at radius 3 is 2.69 bits per heavy atom. The van der Waals surface area contributed by atoms with Gasteiger partial charge in [-0.25, -0.2) is 4.98 Å². The van der Waals surface area contributed by atoms with Crippen molar-refractivity contribution in [3.8, 4) is 11.5 Å². The zero-order valence-corrected chi connectivity index (χ0v) is 21.3. The van der Waals surface area contributed by atoms with E-state index in [0.717, 1.165) is 46.0 Å². The van der Waals surface area contributed by atoms with Gasteiger partial charge in [-0.15, -0.1) is 0 Å². The van der Waals surface area contributed by atoms with Gasteiger partial charge in [-0.2, -0.15) is 9.78 Å². The van der Waals surface area contributed by atoms with Crippen LogP contribution in [0.1, 0.15) is 56.3 Å². The number of halogens is 2. The van der Waals surface area contributed by atoms with Crippen LogP contribution in [0.2, 0.25) is 0 Å². The molecule has 0 saturated heterocycles. The Hall–Kier alpha value is -2.19. The highest BCUT2D eigenvalue weighted by molar-refractivity contribution is 9.10. The molecule has 3 aromatic rings. The van der Waals surface area contributed by atoms with Crippen LogP contribution in [0.15, 0.2) is 49.2 Å². The number of ether oxygens (including phenoxy) is 2. The molecule has 1 heterocycles. The van der Waals surface area contributed by atoms with Crippen LogP contribution in [0.3, 0.4) is 0 Å². The predicted octanol–water partition coefficient (Wildman–Crippen LogP) is 6.26. The topological polar surface area (TPSA) is 65.7 Å². The van der Waals surface area contributed by atoms with Crippen LogP contribution >= 0.6 is 31.9 Å². The summed E-state index contributed by atoms with van der Waals surface area (Å²) >= 11 is 6.99. The average Bonchev–Trinajstić information content (AvgIpc) is 2.79. The lowest BCUT2D eigenvalue weighted by molar-refractivity contribution is 0.310. The summed E-state index contributed by atoms with van der Waals surface area (Å²) in [6.07, 6.45) is 7.23. The van der Waals surface area contributed by atoms with E-state index in [2.05, 4.69) is 37.0 Å². The smallest absolute Gasteiger partial charge is 0.282 e. The zero-order valence-electron chi connectivity index (χ0n) is 18.1. The number of hydrogen-bond acceptors (Lipinski definition) is 5. The molecule has 2 aromatic carbocycles. The van der Waals surface area contributed by atoms with Crippen molar-refractivity contribution in [3.63, 3.8) is 0 Å². The molecule has 0 aliphatic heterocycles. The maximum Gasteiger partial charge on any atom is 0.282 e. The molecule has 1 aliphatic rings. The molecule has 4 rings (SSSR count). The molecule has 0 atom stereocenters. The maximum absolute atomic E-state index is 13.4. The van der Waals surface area contributed by atoms with Crippen LogP contribution in [-0.2, 0) is 0 Å². The van der Waals surface area contributed by atoms with Gasteiger partial charge in [0.2, 0.25) is 0 Å². The van der Waals surface area contributed by atoms with E-state index in [1.807, 2.05) is 31.2 Å². The first kappa shape index (κ1) is 23.0. The van der Waals surface area contributed by atoms with Crippen LogP contribution in [0, 0.1) is 0 Å². The first-order valence-electron chi connectivity index (χ1n) is 10.8. The lowest BCUT2D eigenvalue weighted by Crippen LogP contribution is -2.25. The number of aromatic nitrogens is 2. The minimum Gasteiger partial charge on any atom is -0.492 e. The van der Waals surface area contributed by atoms with E-state index in [1.54, 1.807) is 19.4 Å². The average molecular weight is 563 g/mol. The van der Waals surface area contributed by atoms with Gasteiger partial charge >= 0.3 is 0 Å². The number of nitrogens with zero attached hydrogens (tertiary/aromatic N) is 3. The number of benzene rings is 2. The Bertz CT molecular complexity index is 1220. The van der Waals surface area contributed by atoms with Gasteiger partial charge < -0.3 is 9.47 Å². The Morgan fingerprint density at radius 1 is 1.19 bits per heavy atom. The van der Waals surface area contributed by atoms with Crippen molar-refractivity contribution in [2.24, 2.45) is 5.10 Å². The monoisotopic (exact) mass is 561 g/mol. The van der Waals surface area contributed by atoms with Crippen molar-refractivity contribution >= 4 is 49.0 Å². The Balaban J connectivity index is 1.83. The van der Waals surface area contributed by atoms with Crippen LogP contribution in [0.4, 0.5) is 0 Å². The maximum atomic E-state index is 13.4. The van der Waals surface area contributed by atoms with Crippen LogP contribution in [0.5, 0.6) is 11.5 Å². The van der Waals surface area contributed by atoms with Crippen molar-refractivity contribution < 1.29 is 9.47 Å². The predicted molar refractivity (Wildman–Crippen MR) is 134 cm³/mol. The van der Waals surface area contributed by atoms with Gasteiger partial charge in [0, 0.05) is 10.4 Å². The van der Waals surface area contributed by atoms with Gasteiger partial charge in [0.25, 0.3) is 5.56 Å². The Morgan fingerprint density at radius 2 is 1.97 bits per heavy atom. The highest BCUT2D eigenvalue weighted by Crippen LogP contribution is 2.36. The van der Waals surface area contributed by atoms with Crippen molar-refractivity contribution in [1.29, 1.82) is 0 Å². The summed E-state index contributed by atoms with van der Waals surface area (Å²) in [7, 11) is 1.60. The van der Waals surface area contributed by atoms with E-state index < -0.39 is 0 Å². The highest BCUT2D eigenvalue weighted by atomic mass is 79.9. The number of hydrogen-bond donors (Lipinski definition) is 0. The fourth-order valence-electron chi connectivity index (χ4n) is 4.15. The van der Waals surface area contributed by atoms with Gasteiger partial charge in [0.1, 0.15) is 5.82 Å². The third-order valence-corrected chi connectivity index (χ3v) is 6.74. The number of fused-ring (bicyclic) bond motifs is 1. The molecule has 1 aliphatic carbocycles. The van der Waals surface area contributed by atoms with Crippen LogP contribution in [0.25, 0.3) is 10.9 Å². The molecule has 1 aromatic heterocycles. The van der Waals surface area contributed by atoms with E-state index >= 15 is 0 Å². The second kappa shape index (κ2) is 10.2. The number of methoxy groups -OCH3 is 1. The van der Waals surface area contributed by atoms with Gasteiger partial charge in [0.15, 0.2) is 11.5 Å². The third kappa shape index (κ3) is 4.76. The zero-order chi connectivity index (χ0) is 22.7. The molecule has 1 fully saturated rings. The summed E-state index contributed by atoms with van der Waals surface area (Å²) in [4.78, 5) is 18.3. The Labute approximate surface area is 203 Å². The molecule has 168 valence electrons. The molecule has 0 unspecified atom stereocenters. The summed E-state index contributed by atoms with van der Waals surface area (Å²) < 4.78 is 14.2. The van der Waals surface area contributed by atoms with Gasteiger partial charge in [-0.1, -0.05) is 35.2 Å². The lowest BCUT2D eigenvalue weighted by atomic mass is 9.88. The minimum absolute atomic E-state index is 0.161. The molecule has 32 heavy (non-hydrogen) atoms. The molecular formula is C24H25Br2N3O3. The van der Waals surface area contributed by atoms with Crippen LogP contribution in [-0.4, -0.2) is 29.6 Å². The summed E-state index contributed by atoms with van der Waals surface area (Å²) in [6.45, 7) is 2.43. The second-order valence-corrected chi connectivity index (χ2v) is 9.57. The van der Waals surface area contributed by atoms with E-state index in [0.29, 0.717) is 29.0 Å². The quantitative estimate of drug-likeness (QED) is 0.333. The van der Waals surface area contributed by atoms with Crippen molar-refractivity contribution in [1.82, 2.24) is 9.66 Å². The van der Waals surface area contributed by atoms with Crippen molar-refractivity contribution in [3.05, 3.63) is 61.0 Å². The summed E-state index contributed by atoms with van der Waals surface area (Å²) in [5.74, 6) is 2.20. The molecule has 1 saturated carbocycles. The molecule has 8 heteroatoms. The third-order valence-electron chi connectivity index (χ3n) is 5.66. The van der Waals surface area contributed by atoms with E-state index in [-0.39, 0.29) is 11.5 Å². The molecule has 6 nitrogen and oxygen atoms in total. The van der Waals surface area contributed by atoms with Crippen LogP contribution < -0.4 is 15.0 Å². The number of rotatable bonds is 6. The van der Waals surface area contributed by atoms with Gasteiger partial charge in [0.05, 0.1) is 35.3 Å². The van der Waals surface area contributed by atoms with E-state index in [9.17, 15) is 4.79 Å².